The van der Waals surface area contributed by atoms with Crippen molar-refractivity contribution in [3.63, 3.8) is 0 Å². The molecular weight excluding hydrogens is 482 g/mol. The molecule has 1 amide bonds. The molecule has 11 heteroatoms. The average molecular weight is 518 g/mol. The molecule has 3 N–H and O–H groups in total. The van der Waals surface area contributed by atoms with Gasteiger partial charge in [-0.2, -0.15) is 0 Å². The molecule has 0 aliphatic carbocycles. The lowest BCUT2D eigenvalue weighted by Gasteiger charge is -2.32. The molecule has 4 rings (SSSR count). The summed E-state index contributed by atoms with van der Waals surface area (Å²) in [6.45, 7) is 6.47. The smallest absolute Gasteiger partial charge is 0.329 e. The standard InChI is InChI=1S/C25H35N5O5S/c1-3-4-5-19-28-22-23(24-18(27-25(22)26)12-16(2)36-24)30(19)13-17-6-8-29(9-7-17)20(31)14-34-10-11-35-15-21(32)33/h12,17H,3-11,13-15H2,1-2H3,(H2,26,27)(H,32,33). The number of carbonyl (C=O) groups is 2. The lowest BCUT2D eigenvalue weighted by atomic mass is 9.96. The Hall–Kier alpha value is -2.76. The molecule has 0 saturated carbocycles. The molecule has 1 aliphatic rings. The molecule has 0 aromatic carbocycles. The second-order valence-electron chi connectivity index (χ2n) is 9.33. The van der Waals surface area contributed by atoms with Gasteiger partial charge in [0.2, 0.25) is 5.91 Å². The van der Waals surface area contributed by atoms with Gasteiger partial charge >= 0.3 is 5.97 Å². The number of imidazole rings is 1. The van der Waals surface area contributed by atoms with Crippen molar-refractivity contribution in [2.45, 2.75) is 52.5 Å². The molecule has 3 aromatic rings. The van der Waals surface area contributed by atoms with E-state index >= 15 is 0 Å². The van der Waals surface area contributed by atoms with Crippen molar-refractivity contribution in [1.82, 2.24) is 19.4 Å². The molecule has 10 nitrogen and oxygen atoms in total. The van der Waals surface area contributed by atoms with Gasteiger partial charge in [-0.05, 0) is 38.2 Å². The SMILES string of the molecule is CCCCc1nc2c(N)nc3cc(C)sc3c2n1CC1CCN(C(=O)COCCOCC(=O)O)CC1. The van der Waals surface area contributed by atoms with Crippen LogP contribution in [0.15, 0.2) is 6.07 Å². The van der Waals surface area contributed by atoms with Crippen molar-refractivity contribution in [2.75, 3.05) is 45.3 Å². The Morgan fingerprint density at radius 3 is 2.61 bits per heavy atom. The molecule has 1 fully saturated rings. The van der Waals surface area contributed by atoms with Gasteiger partial charge in [0.1, 0.15) is 24.6 Å². The molecule has 0 spiro atoms. The number of amides is 1. The summed E-state index contributed by atoms with van der Waals surface area (Å²) in [6, 6.07) is 2.09. The van der Waals surface area contributed by atoms with E-state index in [1.54, 1.807) is 11.3 Å². The number of carboxylic acid groups (broad SMARTS) is 1. The number of aromatic nitrogens is 3. The number of thiophene rings is 1. The quantitative estimate of drug-likeness (QED) is 0.350. The van der Waals surface area contributed by atoms with Gasteiger partial charge < -0.3 is 29.8 Å². The largest absolute Gasteiger partial charge is 0.480 e. The van der Waals surface area contributed by atoms with Crippen LogP contribution in [0.2, 0.25) is 0 Å². The highest BCUT2D eigenvalue weighted by atomic mass is 32.1. The first-order chi connectivity index (χ1) is 17.4. The predicted molar refractivity (Wildman–Crippen MR) is 139 cm³/mol. The monoisotopic (exact) mass is 517 g/mol. The van der Waals surface area contributed by atoms with Crippen LogP contribution in [0, 0.1) is 12.8 Å². The Kier molecular flexibility index (Phi) is 8.76. The van der Waals surface area contributed by atoms with Gasteiger partial charge in [-0.1, -0.05) is 13.3 Å². The highest BCUT2D eigenvalue weighted by Gasteiger charge is 2.26. The number of nitrogen functional groups attached to an aromatic ring is 1. The van der Waals surface area contributed by atoms with Gasteiger partial charge in [0, 0.05) is 30.9 Å². The fourth-order valence-electron chi connectivity index (χ4n) is 4.72. The molecule has 0 atom stereocenters. The van der Waals surface area contributed by atoms with E-state index in [-0.39, 0.29) is 32.3 Å². The number of fused-ring (bicyclic) bond motifs is 3. The second-order valence-corrected chi connectivity index (χ2v) is 10.6. The van der Waals surface area contributed by atoms with Crippen molar-refractivity contribution < 1.29 is 24.2 Å². The Morgan fingerprint density at radius 1 is 1.19 bits per heavy atom. The van der Waals surface area contributed by atoms with Gasteiger partial charge in [-0.25, -0.2) is 14.8 Å². The zero-order chi connectivity index (χ0) is 25.7. The molecule has 1 saturated heterocycles. The first kappa shape index (κ1) is 26.3. The van der Waals surface area contributed by atoms with E-state index in [0.29, 0.717) is 24.8 Å². The van der Waals surface area contributed by atoms with E-state index in [4.69, 9.17) is 25.3 Å². The number of pyridine rings is 1. The number of anilines is 1. The number of unbranched alkanes of at least 4 members (excludes halogenated alkanes) is 1. The van der Waals surface area contributed by atoms with E-state index in [2.05, 4.69) is 29.5 Å². The minimum Gasteiger partial charge on any atom is -0.480 e. The van der Waals surface area contributed by atoms with Gasteiger partial charge in [-0.15, -0.1) is 11.3 Å². The normalized spacial score (nSPS) is 14.8. The van der Waals surface area contributed by atoms with Crippen LogP contribution in [0.3, 0.4) is 0 Å². The summed E-state index contributed by atoms with van der Waals surface area (Å²) in [4.78, 5) is 35.6. The third-order valence-electron chi connectivity index (χ3n) is 6.57. The summed E-state index contributed by atoms with van der Waals surface area (Å²) in [5.41, 5.74) is 9.16. The molecule has 0 radical (unpaired) electrons. The molecule has 36 heavy (non-hydrogen) atoms. The molecule has 4 heterocycles. The number of hydrogen-bond acceptors (Lipinski definition) is 8. The Morgan fingerprint density at radius 2 is 1.92 bits per heavy atom. The second kappa shape index (κ2) is 12.0. The fourth-order valence-corrected chi connectivity index (χ4v) is 5.72. The van der Waals surface area contributed by atoms with Crippen LogP contribution in [0.25, 0.3) is 21.3 Å². The average Bonchev–Trinajstić information content (AvgIpc) is 3.40. The number of carboxylic acids is 1. The molecule has 0 unspecified atom stereocenters. The van der Waals surface area contributed by atoms with Crippen molar-refractivity contribution in [3.05, 3.63) is 16.8 Å². The van der Waals surface area contributed by atoms with Gasteiger partial charge in [0.15, 0.2) is 5.82 Å². The zero-order valence-electron chi connectivity index (χ0n) is 21.0. The summed E-state index contributed by atoms with van der Waals surface area (Å²) in [7, 11) is 0. The van der Waals surface area contributed by atoms with E-state index in [1.807, 2.05) is 4.90 Å². The highest BCUT2D eigenvalue weighted by Crippen LogP contribution is 2.35. The lowest BCUT2D eigenvalue weighted by molar-refractivity contribution is -0.144. The third-order valence-corrected chi connectivity index (χ3v) is 7.61. The molecular formula is C25H35N5O5S. The zero-order valence-corrected chi connectivity index (χ0v) is 21.8. The number of piperidine rings is 1. The van der Waals surface area contributed by atoms with Crippen molar-refractivity contribution in [1.29, 1.82) is 0 Å². The number of aryl methyl sites for hydroxylation is 2. The Labute approximate surface area is 214 Å². The highest BCUT2D eigenvalue weighted by molar-refractivity contribution is 7.19. The van der Waals surface area contributed by atoms with Crippen LogP contribution < -0.4 is 5.73 Å². The molecule has 3 aromatic heterocycles. The van der Waals surface area contributed by atoms with Crippen molar-refractivity contribution in [3.8, 4) is 0 Å². The van der Waals surface area contributed by atoms with E-state index in [1.165, 1.54) is 4.88 Å². The van der Waals surface area contributed by atoms with Crippen LogP contribution in [0.4, 0.5) is 5.82 Å². The number of aliphatic carboxylic acids is 1. The van der Waals surface area contributed by atoms with Crippen molar-refractivity contribution in [2.24, 2.45) is 5.92 Å². The summed E-state index contributed by atoms with van der Waals surface area (Å²) in [5.74, 6) is 0.919. The predicted octanol–water partition coefficient (Wildman–Crippen LogP) is 3.24. The van der Waals surface area contributed by atoms with E-state index in [9.17, 15) is 9.59 Å². The van der Waals surface area contributed by atoms with Crippen LogP contribution in [0.5, 0.6) is 0 Å². The molecule has 0 bridgehead atoms. The minimum absolute atomic E-state index is 0.0175. The summed E-state index contributed by atoms with van der Waals surface area (Å²) >= 11 is 1.74. The number of nitrogens with zero attached hydrogens (tertiary/aromatic N) is 4. The lowest BCUT2D eigenvalue weighted by Crippen LogP contribution is -2.41. The maximum absolute atomic E-state index is 12.5. The first-order valence-electron chi connectivity index (χ1n) is 12.6. The molecule has 1 aliphatic heterocycles. The Bertz CT molecular complexity index is 1210. The van der Waals surface area contributed by atoms with Gasteiger partial charge in [0.25, 0.3) is 0 Å². The first-order valence-corrected chi connectivity index (χ1v) is 13.4. The van der Waals surface area contributed by atoms with Gasteiger partial charge in [-0.3, -0.25) is 4.79 Å². The number of rotatable bonds is 12. The van der Waals surface area contributed by atoms with Gasteiger partial charge in [0.05, 0.1) is 28.9 Å². The van der Waals surface area contributed by atoms with E-state index < -0.39 is 5.97 Å². The number of likely N-dealkylation sites (tertiary alicyclic amines) is 1. The number of carbonyl (C=O) groups excluding carboxylic acids is 1. The number of ether oxygens (including phenoxy) is 2. The third kappa shape index (κ3) is 6.13. The van der Waals surface area contributed by atoms with Crippen molar-refractivity contribution >= 4 is 50.3 Å². The summed E-state index contributed by atoms with van der Waals surface area (Å²) < 4.78 is 13.8. The summed E-state index contributed by atoms with van der Waals surface area (Å²) in [6.07, 6.45) is 4.89. The number of hydrogen-bond donors (Lipinski definition) is 2. The molecule has 196 valence electrons. The van der Waals surface area contributed by atoms with Crippen LogP contribution >= 0.6 is 11.3 Å². The maximum atomic E-state index is 12.5. The number of nitrogens with two attached hydrogens (primary N) is 1. The van der Waals surface area contributed by atoms with Crippen LogP contribution in [-0.2, 0) is 32.0 Å². The fraction of sp³-hybridized carbons (Fsp3) is 0.600. The van der Waals surface area contributed by atoms with Crippen LogP contribution in [-0.4, -0.2) is 75.9 Å². The minimum atomic E-state index is -1.02. The summed E-state index contributed by atoms with van der Waals surface area (Å²) in [5, 5.41) is 8.56. The van der Waals surface area contributed by atoms with E-state index in [0.717, 1.165) is 65.7 Å². The topological polar surface area (TPSA) is 133 Å². The Balaban J connectivity index is 1.40. The van der Waals surface area contributed by atoms with Crippen LogP contribution in [0.1, 0.15) is 43.3 Å². The maximum Gasteiger partial charge on any atom is 0.329 e.